The van der Waals surface area contributed by atoms with Gasteiger partial charge in [0.05, 0.1) is 19.5 Å². The normalized spacial score (nSPS) is 14.6. The quantitative estimate of drug-likeness (QED) is 0.717. The van der Waals surface area contributed by atoms with Gasteiger partial charge in [-0.05, 0) is 20.9 Å². The van der Waals surface area contributed by atoms with Crippen LogP contribution in [0.25, 0.3) is 0 Å². The number of imidazole rings is 1. The fourth-order valence-electron chi connectivity index (χ4n) is 1.28. The van der Waals surface area contributed by atoms with Crippen molar-refractivity contribution in [2.24, 2.45) is 0 Å². The summed E-state index contributed by atoms with van der Waals surface area (Å²) in [4.78, 5) is 15.6. The van der Waals surface area contributed by atoms with Crippen molar-refractivity contribution in [2.75, 3.05) is 13.7 Å². The Kier molecular flexibility index (Phi) is 3.85. The van der Waals surface area contributed by atoms with Gasteiger partial charge in [0.25, 0.3) is 0 Å². The highest BCUT2D eigenvalue weighted by Crippen LogP contribution is 2.09. The number of carbonyl (C=O) groups is 1. The first kappa shape index (κ1) is 11.7. The smallest absolute Gasteiger partial charge is 0.327 e. The van der Waals surface area contributed by atoms with Gasteiger partial charge in [0.1, 0.15) is 5.54 Å². The van der Waals surface area contributed by atoms with Crippen molar-refractivity contribution in [3.05, 3.63) is 18.7 Å². The standard InChI is InChI=1S/C10H17N3O2/c1-4-15-9(14)10(2,11-3)7-13-6-5-12-8-13/h5-6,8,11H,4,7H2,1-3H3. The van der Waals surface area contributed by atoms with Gasteiger partial charge in [-0.25, -0.2) is 9.78 Å². The van der Waals surface area contributed by atoms with Crippen molar-refractivity contribution < 1.29 is 9.53 Å². The summed E-state index contributed by atoms with van der Waals surface area (Å²) in [6, 6.07) is 0. The monoisotopic (exact) mass is 211 g/mol. The van der Waals surface area contributed by atoms with Gasteiger partial charge in [-0.1, -0.05) is 0 Å². The van der Waals surface area contributed by atoms with E-state index in [1.807, 2.05) is 17.7 Å². The topological polar surface area (TPSA) is 56.2 Å². The van der Waals surface area contributed by atoms with E-state index in [0.29, 0.717) is 13.2 Å². The number of hydrogen-bond donors (Lipinski definition) is 1. The average molecular weight is 211 g/mol. The van der Waals surface area contributed by atoms with Crippen LogP contribution in [0.4, 0.5) is 0 Å². The van der Waals surface area contributed by atoms with Gasteiger partial charge in [-0.2, -0.15) is 0 Å². The maximum Gasteiger partial charge on any atom is 0.327 e. The highest BCUT2D eigenvalue weighted by Gasteiger charge is 2.33. The van der Waals surface area contributed by atoms with Gasteiger partial charge in [-0.3, -0.25) is 0 Å². The second-order valence-electron chi connectivity index (χ2n) is 3.54. The molecule has 0 saturated carbocycles. The molecule has 0 spiro atoms. The van der Waals surface area contributed by atoms with E-state index in [1.54, 1.807) is 26.5 Å². The molecule has 0 amide bonds. The van der Waals surface area contributed by atoms with Crippen LogP contribution < -0.4 is 5.32 Å². The molecule has 1 rings (SSSR count). The van der Waals surface area contributed by atoms with Crippen LogP contribution in [-0.4, -0.2) is 34.7 Å². The average Bonchev–Trinajstić information content (AvgIpc) is 2.70. The molecular weight excluding hydrogens is 194 g/mol. The molecule has 15 heavy (non-hydrogen) atoms. The highest BCUT2D eigenvalue weighted by atomic mass is 16.5. The molecule has 1 aromatic rings. The molecule has 0 aromatic carbocycles. The summed E-state index contributed by atoms with van der Waals surface area (Å²) in [7, 11) is 1.74. The van der Waals surface area contributed by atoms with Crippen molar-refractivity contribution in [1.82, 2.24) is 14.9 Å². The van der Waals surface area contributed by atoms with Crippen molar-refractivity contribution in [1.29, 1.82) is 0 Å². The Morgan fingerprint density at radius 2 is 2.40 bits per heavy atom. The van der Waals surface area contributed by atoms with Crippen molar-refractivity contribution in [3.63, 3.8) is 0 Å². The molecule has 1 aromatic heterocycles. The van der Waals surface area contributed by atoms with Gasteiger partial charge in [0.2, 0.25) is 0 Å². The summed E-state index contributed by atoms with van der Waals surface area (Å²) in [5, 5.41) is 2.98. The van der Waals surface area contributed by atoms with Crippen LogP contribution in [-0.2, 0) is 16.1 Å². The number of ether oxygens (including phenoxy) is 1. The summed E-state index contributed by atoms with van der Waals surface area (Å²) in [5.41, 5.74) is -0.712. The third-order valence-corrected chi connectivity index (χ3v) is 2.34. The first-order valence-electron chi connectivity index (χ1n) is 4.94. The van der Waals surface area contributed by atoms with E-state index in [9.17, 15) is 4.79 Å². The Hall–Kier alpha value is -1.36. The zero-order valence-corrected chi connectivity index (χ0v) is 9.36. The van der Waals surface area contributed by atoms with Crippen LogP contribution in [0.5, 0.6) is 0 Å². The Bertz CT molecular complexity index is 310. The number of hydrogen-bond acceptors (Lipinski definition) is 4. The molecule has 0 aliphatic heterocycles. The maximum atomic E-state index is 11.7. The first-order valence-corrected chi connectivity index (χ1v) is 4.94. The minimum Gasteiger partial charge on any atom is -0.465 e. The lowest BCUT2D eigenvalue weighted by Gasteiger charge is -2.26. The molecule has 5 heteroatoms. The van der Waals surface area contributed by atoms with Crippen LogP contribution in [0, 0.1) is 0 Å². The largest absolute Gasteiger partial charge is 0.465 e. The molecule has 1 heterocycles. The predicted octanol–water partition coefficient (Wildman–Crippen LogP) is 0.424. The molecule has 1 atom stereocenters. The lowest BCUT2D eigenvalue weighted by molar-refractivity contribution is -0.150. The molecule has 0 saturated heterocycles. The molecule has 1 N–H and O–H groups in total. The first-order chi connectivity index (χ1) is 7.12. The summed E-state index contributed by atoms with van der Waals surface area (Å²) < 4.78 is 6.85. The fraction of sp³-hybridized carbons (Fsp3) is 0.600. The molecule has 5 nitrogen and oxygen atoms in total. The second kappa shape index (κ2) is 4.93. The van der Waals surface area contributed by atoms with Crippen LogP contribution in [0.2, 0.25) is 0 Å². The van der Waals surface area contributed by atoms with E-state index in [-0.39, 0.29) is 5.97 Å². The molecule has 84 valence electrons. The van der Waals surface area contributed by atoms with E-state index in [0.717, 1.165) is 0 Å². The lowest BCUT2D eigenvalue weighted by Crippen LogP contribution is -2.51. The number of rotatable bonds is 5. The van der Waals surface area contributed by atoms with E-state index in [2.05, 4.69) is 10.3 Å². The molecule has 0 aliphatic carbocycles. The summed E-state index contributed by atoms with van der Waals surface area (Å²) in [5.74, 6) is -0.249. The number of nitrogens with zero attached hydrogens (tertiary/aromatic N) is 2. The molecule has 0 bridgehead atoms. The van der Waals surface area contributed by atoms with Gasteiger partial charge < -0.3 is 14.6 Å². The van der Waals surface area contributed by atoms with Gasteiger partial charge in [0, 0.05) is 12.4 Å². The number of aromatic nitrogens is 2. The van der Waals surface area contributed by atoms with Crippen LogP contribution in [0.15, 0.2) is 18.7 Å². The van der Waals surface area contributed by atoms with Crippen LogP contribution in [0.3, 0.4) is 0 Å². The Labute approximate surface area is 89.4 Å². The minimum absolute atomic E-state index is 0.249. The highest BCUT2D eigenvalue weighted by molar-refractivity contribution is 5.80. The van der Waals surface area contributed by atoms with Gasteiger partial charge >= 0.3 is 5.97 Å². The van der Waals surface area contributed by atoms with E-state index in [4.69, 9.17) is 4.74 Å². The Morgan fingerprint density at radius 1 is 1.67 bits per heavy atom. The van der Waals surface area contributed by atoms with Crippen molar-refractivity contribution >= 4 is 5.97 Å². The molecule has 0 radical (unpaired) electrons. The van der Waals surface area contributed by atoms with Crippen LogP contribution >= 0.6 is 0 Å². The SMILES string of the molecule is CCOC(=O)C(C)(Cn1ccnc1)NC. The predicted molar refractivity (Wildman–Crippen MR) is 56.3 cm³/mol. The number of nitrogens with one attached hydrogen (secondary N) is 1. The maximum absolute atomic E-state index is 11.7. The van der Waals surface area contributed by atoms with E-state index < -0.39 is 5.54 Å². The second-order valence-corrected chi connectivity index (χ2v) is 3.54. The fourth-order valence-corrected chi connectivity index (χ4v) is 1.28. The number of likely N-dealkylation sites (N-methyl/N-ethyl adjacent to an activating group) is 1. The van der Waals surface area contributed by atoms with E-state index >= 15 is 0 Å². The molecule has 0 fully saturated rings. The minimum atomic E-state index is -0.712. The molecular formula is C10H17N3O2. The number of esters is 1. The third-order valence-electron chi connectivity index (χ3n) is 2.34. The Morgan fingerprint density at radius 3 is 2.87 bits per heavy atom. The van der Waals surface area contributed by atoms with Crippen molar-refractivity contribution in [3.8, 4) is 0 Å². The number of carbonyl (C=O) groups excluding carboxylic acids is 1. The molecule has 1 unspecified atom stereocenters. The summed E-state index contributed by atoms with van der Waals surface area (Å²) >= 11 is 0. The lowest BCUT2D eigenvalue weighted by atomic mass is 10.0. The van der Waals surface area contributed by atoms with Crippen molar-refractivity contribution in [2.45, 2.75) is 25.9 Å². The third kappa shape index (κ3) is 2.79. The van der Waals surface area contributed by atoms with Gasteiger partial charge in [0.15, 0.2) is 0 Å². The summed E-state index contributed by atoms with van der Waals surface area (Å²) in [6.45, 7) is 4.50. The van der Waals surface area contributed by atoms with Gasteiger partial charge in [-0.15, -0.1) is 0 Å². The molecule has 0 aliphatic rings. The van der Waals surface area contributed by atoms with Crippen LogP contribution in [0.1, 0.15) is 13.8 Å². The Balaban J connectivity index is 2.72. The summed E-state index contributed by atoms with van der Waals surface area (Å²) in [6.07, 6.45) is 5.17. The zero-order chi connectivity index (χ0) is 11.3. The van der Waals surface area contributed by atoms with E-state index in [1.165, 1.54) is 0 Å². The zero-order valence-electron chi connectivity index (χ0n) is 9.36.